The highest BCUT2D eigenvalue weighted by molar-refractivity contribution is 8.17. The molecule has 0 saturated carbocycles. The van der Waals surface area contributed by atoms with Crippen LogP contribution in [-0.4, -0.2) is 53.7 Å². The van der Waals surface area contributed by atoms with Gasteiger partial charge in [0.2, 0.25) is 0 Å². The molecule has 0 bridgehead atoms. The summed E-state index contributed by atoms with van der Waals surface area (Å²) in [6.07, 6.45) is -0.386. The molecule has 3 heterocycles. The molecular weight excluding hydrogens is 517 g/mol. The summed E-state index contributed by atoms with van der Waals surface area (Å²) in [4.78, 5) is 21.0. The van der Waals surface area contributed by atoms with Crippen molar-refractivity contribution in [2.45, 2.75) is 48.4 Å². The van der Waals surface area contributed by atoms with Gasteiger partial charge >= 0.3 is 5.69 Å². The molecule has 11 heteroatoms. The first-order chi connectivity index (χ1) is 16.7. The second-order valence-electron chi connectivity index (χ2n) is 9.21. The maximum atomic E-state index is 15.1. The number of nitrogens with zero attached hydrogens (tertiary/aromatic N) is 3. The van der Waals surface area contributed by atoms with Crippen molar-refractivity contribution in [1.82, 2.24) is 14.9 Å². The summed E-state index contributed by atoms with van der Waals surface area (Å²) in [6.45, 7) is 5.78. The monoisotopic (exact) mass is 542 g/mol. The summed E-state index contributed by atoms with van der Waals surface area (Å²) in [5.41, 5.74) is 0.264. The van der Waals surface area contributed by atoms with Crippen molar-refractivity contribution in [3.63, 3.8) is 0 Å². The summed E-state index contributed by atoms with van der Waals surface area (Å²) in [6, 6.07) is 6.14. The van der Waals surface area contributed by atoms with Gasteiger partial charge in [0.25, 0.3) is 0 Å². The summed E-state index contributed by atoms with van der Waals surface area (Å²) in [5, 5.41) is 4.51. The smallest absolute Gasteiger partial charge is 0.350 e. The van der Waals surface area contributed by atoms with Gasteiger partial charge in [0, 0.05) is 64.3 Å². The Labute approximate surface area is 214 Å². The highest BCUT2D eigenvalue weighted by Gasteiger charge is 2.31. The van der Waals surface area contributed by atoms with Crippen molar-refractivity contribution in [1.29, 1.82) is 0 Å². The number of thiol groups is 1. The number of hydrogen-bond acceptors (Lipinski definition) is 5. The zero-order valence-corrected chi connectivity index (χ0v) is 21.9. The van der Waals surface area contributed by atoms with Crippen molar-refractivity contribution in [2.75, 3.05) is 30.9 Å². The second-order valence-corrected chi connectivity index (χ2v) is 12.2. The predicted octanol–water partition coefficient (Wildman–Crippen LogP) is 4.62. The number of hydrogen-bond donors (Lipinski definition) is 2. The van der Waals surface area contributed by atoms with Crippen LogP contribution in [0.3, 0.4) is 0 Å². The molecule has 1 aromatic heterocycles. The van der Waals surface area contributed by atoms with Crippen LogP contribution in [0.15, 0.2) is 38.9 Å². The Kier molecular flexibility index (Phi) is 6.74. The van der Waals surface area contributed by atoms with E-state index in [4.69, 9.17) is 27.9 Å². The number of rotatable bonds is 3. The van der Waals surface area contributed by atoms with Crippen LogP contribution in [0.5, 0.6) is 0 Å². The van der Waals surface area contributed by atoms with Crippen molar-refractivity contribution in [3.05, 3.63) is 56.4 Å². The molecule has 1 N–H and O–H groups in total. The number of piperazine rings is 1. The third kappa shape index (κ3) is 4.53. The van der Waals surface area contributed by atoms with Crippen molar-refractivity contribution >= 4 is 50.8 Å². The first-order valence-electron chi connectivity index (χ1n) is 11.4. The van der Waals surface area contributed by atoms with Crippen molar-refractivity contribution < 1.29 is 13.5 Å². The van der Waals surface area contributed by atoms with E-state index in [1.54, 1.807) is 17.7 Å². The van der Waals surface area contributed by atoms with Gasteiger partial charge in [0.1, 0.15) is 17.5 Å². The van der Waals surface area contributed by atoms with Gasteiger partial charge < -0.3 is 15.0 Å². The molecule has 1 saturated heterocycles. The van der Waals surface area contributed by atoms with E-state index < -0.39 is 28.2 Å². The molecule has 2 unspecified atom stereocenters. The number of anilines is 1. The molecule has 6 nitrogen and oxygen atoms in total. The SMILES string of the molecule is COC1Cn2c(=O)nc(N3C[C@@H](C)N[C@@H](C)C3)c3cc(Cl)cc(c32)[SH](c2cc(Cl)c(F)cc2F)C1. The lowest BCUT2D eigenvalue weighted by molar-refractivity contribution is 0.107. The van der Waals surface area contributed by atoms with Crippen LogP contribution < -0.4 is 15.9 Å². The lowest BCUT2D eigenvalue weighted by Gasteiger charge is -2.37. The topological polar surface area (TPSA) is 59.4 Å². The predicted molar refractivity (Wildman–Crippen MR) is 138 cm³/mol. The van der Waals surface area contributed by atoms with Crippen LogP contribution in [0, 0.1) is 11.6 Å². The minimum absolute atomic E-state index is 0.156. The highest BCUT2D eigenvalue weighted by Crippen LogP contribution is 2.52. The van der Waals surface area contributed by atoms with Crippen molar-refractivity contribution in [3.8, 4) is 0 Å². The summed E-state index contributed by atoms with van der Waals surface area (Å²) in [5.74, 6) is -0.523. The molecule has 4 atom stereocenters. The maximum absolute atomic E-state index is 15.1. The molecule has 2 aliphatic rings. The van der Waals surface area contributed by atoms with Crippen molar-refractivity contribution in [2.24, 2.45) is 0 Å². The van der Waals surface area contributed by atoms with Gasteiger partial charge in [0.15, 0.2) is 0 Å². The molecule has 188 valence electrons. The number of methoxy groups -OCH3 is 1. The molecule has 0 radical (unpaired) electrons. The molecular formula is C24H26Cl2F2N4O2S. The Balaban J connectivity index is 1.80. The van der Waals surface area contributed by atoms with E-state index in [9.17, 15) is 9.18 Å². The minimum atomic E-state index is -1.42. The van der Waals surface area contributed by atoms with E-state index in [-0.39, 0.29) is 29.8 Å². The number of halogens is 4. The third-order valence-corrected chi connectivity index (χ3v) is 9.66. The zero-order valence-electron chi connectivity index (χ0n) is 19.5. The van der Waals surface area contributed by atoms with Crippen LogP contribution in [0.25, 0.3) is 10.9 Å². The Morgan fingerprint density at radius 2 is 1.77 bits per heavy atom. The Morgan fingerprint density at radius 3 is 2.46 bits per heavy atom. The van der Waals surface area contributed by atoms with E-state index in [2.05, 4.69) is 29.0 Å². The number of nitrogens with one attached hydrogen (secondary N) is 1. The Bertz CT molecular complexity index is 1360. The Morgan fingerprint density at radius 1 is 1.06 bits per heavy atom. The van der Waals surface area contributed by atoms with Crippen LogP contribution in [0.1, 0.15) is 13.8 Å². The quantitative estimate of drug-likeness (QED) is 0.373. The minimum Gasteiger partial charge on any atom is -0.379 e. The summed E-state index contributed by atoms with van der Waals surface area (Å²) >= 11 is 12.7. The van der Waals surface area contributed by atoms with E-state index >= 15 is 4.39 Å². The number of benzene rings is 2. The average molecular weight is 543 g/mol. The lowest BCUT2D eigenvalue weighted by Crippen LogP contribution is -2.55. The van der Waals surface area contributed by atoms with Gasteiger partial charge in [-0.3, -0.25) is 4.57 Å². The fourth-order valence-electron chi connectivity index (χ4n) is 5.12. The molecule has 2 aromatic carbocycles. The second kappa shape index (κ2) is 9.52. The molecule has 0 spiro atoms. The molecule has 2 aliphatic heterocycles. The maximum Gasteiger partial charge on any atom is 0.350 e. The summed E-state index contributed by atoms with van der Waals surface area (Å²) in [7, 11) is 0.135. The molecule has 0 amide bonds. The van der Waals surface area contributed by atoms with Crippen LogP contribution in [0.2, 0.25) is 10.0 Å². The van der Waals surface area contributed by atoms with Crippen LogP contribution in [-0.2, 0) is 11.3 Å². The first kappa shape index (κ1) is 24.8. The fourth-order valence-corrected chi connectivity index (χ4v) is 8.38. The molecule has 5 rings (SSSR count). The number of ether oxygens (including phenoxy) is 1. The average Bonchev–Trinajstić information content (AvgIpc) is 2.95. The summed E-state index contributed by atoms with van der Waals surface area (Å²) < 4.78 is 36.4. The molecule has 35 heavy (non-hydrogen) atoms. The molecule has 0 aliphatic carbocycles. The van der Waals surface area contributed by atoms with Gasteiger partial charge in [-0.15, -0.1) is 0 Å². The van der Waals surface area contributed by atoms with E-state index in [0.29, 0.717) is 40.1 Å². The standard InChI is InChI=1S/C24H26Cl2F2N4O2S/c1-12-8-31(9-13(2)29-12)23-16-4-14(25)5-21-22(16)32(24(33)30-23)10-15(34-3)11-35(21)20-6-17(26)18(27)7-19(20)28/h4-7,12-13,15,29,35H,8-11H2,1-3H3/t12-,13+,15?. The normalized spacial score (nSPS) is 25.6. The zero-order chi connectivity index (χ0) is 25.0. The van der Waals surface area contributed by atoms with E-state index in [1.807, 2.05) is 6.07 Å². The molecule has 3 aromatic rings. The lowest BCUT2D eigenvalue weighted by atomic mass is 10.1. The van der Waals surface area contributed by atoms with Gasteiger partial charge in [0.05, 0.1) is 23.2 Å². The molecule has 1 fully saturated rings. The highest BCUT2D eigenvalue weighted by atomic mass is 35.5. The van der Waals surface area contributed by atoms with Crippen LogP contribution >= 0.6 is 34.1 Å². The Hall–Kier alpha value is -1.91. The third-order valence-electron chi connectivity index (χ3n) is 6.53. The van der Waals surface area contributed by atoms with E-state index in [0.717, 1.165) is 16.3 Å². The van der Waals surface area contributed by atoms with Gasteiger partial charge in [-0.2, -0.15) is 15.9 Å². The number of aromatic nitrogens is 2. The first-order valence-corrected chi connectivity index (χ1v) is 13.6. The van der Waals surface area contributed by atoms with E-state index in [1.165, 1.54) is 6.07 Å². The van der Waals surface area contributed by atoms with Gasteiger partial charge in [-0.05, 0) is 32.0 Å². The van der Waals surface area contributed by atoms with Crippen LogP contribution in [0.4, 0.5) is 14.6 Å². The largest absolute Gasteiger partial charge is 0.379 e. The van der Waals surface area contributed by atoms with Gasteiger partial charge in [-0.1, -0.05) is 23.2 Å². The fraction of sp³-hybridized carbons (Fsp3) is 0.417. The van der Waals surface area contributed by atoms with Gasteiger partial charge in [-0.25, -0.2) is 13.6 Å².